The Bertz CT molecular complexity index is 664. The van der Waals surface area contributed by atoms with Crippen molar-refractivity contribution in [3.8, 4) is 5.75 Å². The molecule has 1 aliphatic heterocycles. The molecule has 23 heavy (non-hydrogen) atoms. The minimum atomic E-state index is 0.352. The Kier molecular flexibility index (Phi) is 4.62. The van der Waals surface area contributed by atoms with E-state index in [1.54, 1.807) is 0 Å². The van der Waals surface area contributed by atoms with Crippen molar-refractivity contribution in [3.05, 3.63) is 41.2 Å². The highest BCUT2D eigenvalue weighted by Crippen LogP contribution is 2.27. The third-order valence-electron chi connectivity index (χ3n) is 4.04. The van der Waals surface area contributed by atoms with Crippen molar-refractivity contribution in [1.82, 2.24) is 9.97 Å². The fourth-order valence-electron chi connectivity index (χ4n) is 2.77. The molecule has 3 rings (SSSR count). The zero-order valence-corrected chi connectivity index (χ0v) is 13.6. The number of hydrogen-bond acceptors (Lipinski definition) is 6. The molecule has 1 aliphatic rings. The van der Waals surface area contributed by atoms with Crippen LogP contribution in [0.1, 0.15) is 16.7 Å². The zero-order valence-electron chi connectivity index (χ0n) is 13.6. The van der Waals surface area contributed by atoms with Crippen molar-refractivity contribution in [2.24, 2.45) is 0 Å². The smallest absolute Gasteiger partial charge is 0.140 e. The monoisotopic (exact) mass is 314 g/mol. The highest BCUT2D eigenvalue weighted by molar-refractivity contribution is 5.56. The number of aromatic nitrogens is 2. The summed E-state index contributed by atoms with van der Waals surface area (Å²) in [4.78, 5) is 10.7. The van der Waals surface area contributed by atoms with Crippen LogP contribution in [0.15, 0.2) is 24.5 Å². The zero-order chi connectivity index (χ0) is 16.2. The third-order valence-corrected chi connectivity index (χ3v) is 4.04. The molecule has 6 nitrogen and oxygen atoms in total. The average Bonchev–Trinajstić information content (AvgIpc) is 2.56. The number of aryl methyl sites for hydroxylation is 2. The van der Waals surface area contributed by atoms with Crippen LogP contribution in [0.4, 0.5) is 11.6 Å². The van der Waals surface area contributed by atoms with Crippen molar-refractivity contribution in [2.75, 3.05) is 36.9 Å². The summed E-state index contributed by atoms with van der Waals surface area (Å²) in [6.07, 6.45) is 1.50. The lowest BCUT2D eigenvalue weighted by atomic mass is 10.1. The number of nitrogens with zero attached hydrogens (tertiary/aromatic N) is 3. The number of anilines is 2. The van der Waals surface area contributed by atoms with Crippen LogP contribution in [-0.2, 0) is 11.3 Å². The van der Waals surface area contributed by atoms with Gasteiger partial charge >= 0.3 is 0 Å². The van der Waals surface area contributed by atoms with Crippen LogP contribution in [0.5, 0.6) is 5.75 Å². The Morgan fingerprint density at radius 2 is 1.87 bits per heavy atom. The molecule has 2 N–H and O–H groups in total. The highest BCUT2D eigenvalue weighted by Gasteiger charge is 2.19. The molecule has 1 fully saturated rings. The number of ether oxygens (including phenoxy) is 2. The van der Waals surface area contributed by atoms with Gasteiger partial charge in [0.05, 0.1) is 18.8 Å². The lowest BCUT2D eigenvalue weighted by molar-refractivity contribution is 0.122. The molecule has 1 aromatic heterocycles. The van der Waals surface area contributed by atoms with Crippen molar-refractivity contribution in [2.45, 2.75) is 20.5 Å². The number of hydrogen-bond donors (Lipinski definition) is 1. The first kappa shape index (κ1) is 15.6. The Morgan fingerprint density at radius 1 is 1.17 bits per heavy atom. The SMILES string of the molecule is Cc1cccc(C)c1OCc1c(N)ncnc1N1CCOCC1. The molecule has 0 saturated carbocycles. The van der Waals surface area contributed by atoms with E-state index in [4.69, 9.17) is 15.2 Å². The molecule has 1 aromatic carbocycles. The highest BCUT2D eigenvalue weighted by atomic mass is 16.5. The summed E-state index contributed by atoms with van der Waals surface area (Å²) in [7, 11) is 0. The Hall–Kier alpha value is -2.34. The van der Waals surface area contributed by atoms with Gasteiger partial charge in [-0.25, -0.2) is 9.97 Å². The number of benzene rings is 1. The molecule has 0 atom stereocenters. The summed E-state index contributed by atoms with van der Waals surface area (Å²) in [6.45, 7) is 7.42. The molecule has 0 amide bonds. The van der Waals surface area contributed by atoms with Gasteiger partial charge in [0.25, 0.3) is 0 Å². The summed E-state index contributed by atoms with van der Waals surface area (Å²) in [5.41, 5.74) is 9.12. The first-order valence-electron chi connectivity index (χ1n) is 7.78. The maximum atomic E-state index is 6.08. The van der Waals surface area contributed by atoms with Crippen LogP contribution in [0.3, 0.4) is 0 Å². The maximum Gasteiger partial charge on any atom is 0.140 e. The van der Waals surface area contributed by atoms with Gasteiger partial charge in [0.2, 0.25) is 0 Å². The minimum absolute atomic E-state index is 0.352. The van der Waals surface area contributed by atoms with Crippen molar-refractivity contribution >= 4 is 11.6 Å². The van der Waals surface area contributed by atoms with Gasteiger partial charge in [-0.2, -0.15) is 0 Å². The van der Waals surface area contributed by atoms with E-state index in [0.29, 0.717) is 25.6 Å². The van der Waals surface area contributed by atoms with E-state index >= 15 is 0 Å². The second kappa shape index (κ2) is 6.83. The van der Waals surface area contributed by atoms with Crippen molar-refractivity contribution < 1.29 is 9.47 Å². The summed E-state index contributed by atoms with van der Waals surface area (Å²) in [5.74, 6) is 2.20. The van der Waals surface area contributed by atoms with Gasteiger partial charge in [-0.15, -0.1) is 0 Å². The van der Waals surface area contributed by atoms with Crippen molar-refractivity contribution in [3.63, 3.8) is 0 Å². The van der Waals surface area contributed by atoms with Crippen molar-refractivity contribution in [1.29, 1.82) is 0 Å². The molecule has 0 unspecified atom stereocenters. The van der Waals surface area contributed by atoms with Gasteiger partial charge < -0.3 is 20.1 Å². The Morgan fingerprint density at radius 3 is 2.57 bits per heavy atom. The van der Waals surface area contributed by atoms with E-state index in [2.05, 4.69) is 14.9 Å². The Balaban J connectivity index is 1.84. The molecule has 0 aliphatic carbocycles. The average molecular weight is 314 g/mol. The van der Waals surface area contributed by atoms with E-state index in [-0.39, 0.29) is 0 Å². The normalized spacial score (nSPS) is 14.8. The van der Waals surface area contributed by atoms with Crippen LogP contribution in [0.25, 0.3) is 0 Å². The van der Waals surface area contributed by atoms with Crippen LogP contribution < -0.4 is 15.4 Å². The van der Waals surface area contributed by atoms with Gasteiger partial charge in [0.15, 0.2) is 0 Å². The van der Waals surface area contributed by atoms with Gasteiger partial charge in [-0.05, 0) is 25.0 Å². The van der Waals surface area contributed by atoms with E-state index in [9.17, 15) is 0 Å². The number of nitrogen functional groups attached to an aromatic ring is 1. The predicted molar refractivity (Wildman–Crippen MR) is 89.7 cm³/mol. The molecular formula is C17H22N4O2. The summed E-state index contributed by atoms with van der Waals surface area (Å²) >= 11 is 0. The molecule has 0 spiro atoms. The van der Waals surface area contributed by atoms with Crippen LogP contribution in [0, 0.1) is 13.8 Å². The summed E-state index contributed by atoms with van der Waals surface area (Å²) < 4.78 is 11.5. The lowest BCUT2D eigenvalue weighted by Gasteiger charge is -2.29. The number of morpholine rings is 1. The molecule has 6 heteroatoms. The van der Waals surface area contributed by atoms with E-state index in [1.165, 1.54) is 6.33 Å². The fraction of sp³-hybridized carbons (Fsp3) is 0.412. The first-order valence-corrected chi connectivity index (χ1v) is 7.78. The maximum absolute atomic E-state index is 6.08. The molecule has 0 radical (unpaired) electrons. The topological polar surface area (TPSA) is 73.5 Å². The quantitative estimate of drug-likeness (QED) is 0.931. The van der Waals surface area contributed by atoms with Crippen LogP contribution >= 0.6 is 0 Å². The predicted octanol–water partition coefficient (Wildman–Crippen LogP) is 2.09. The summed E-state index contributed by atoms with van der Waals surface area (Å²) in [6, 6.07) is 6.10. The van der Waals surface area contributed by atoms with Crippen LogP contribution in [0.2, 0.25) is 0 Å². The molecule has 2 heterocycles. The van der Waals surface area contributed by atoms with Gasteiger partial charge in [-0.3, -0.25) is 0 Å². The van der Waals surface area contributed by atoms with Gasteiger partial charge in [0.1, 0.15) is 30.3 Å². The summed E-state index contributed by atoms with van der Waals surface area (Å²) in [5, 5.41) is 0. The fourth-order valence-corrected chi connectivity index (χ4v) is 2.77. The third kappa shape index (κ3) is 3.37. The van der Waals surface area contributed by atoms with E-state index < -0.39 is 0 Å². The molecule has 122 valence electrons. The number of rotatable bonds is 4. The van der Waals surface area contributed by atoms with Gasteiger partial charge in [0, 0.05) is 13.1 Å². The second-order valence-corrected chi connectivity index (χ2v) is 5.67. The first-order chi connectivity index (χ1) is 11.2. The number of para-hydroxylation sites is 1. The second-order valence-electron chi connectivity index (χ2n) is 5.67. The van der Waals surface area contributed by atoms with Gasteiger partial charge in [-0.1, -0.05) is 18.2 Å². The standard InChI is InChI=1S/C17H22N4O2/c1-12-4-3-5-13(2)15(12)23-10-14-16(18)19-11-20-17(14)21-6-8-22-9-7-21/h3-5,11H,6-10H2,1-2H3,(H2,18,19,20). The molecule has 0 bridgehead atoms. The Labute approximate surface area is 136 Å². The van der Waals surface area contributed by atoms with E-state index in [0.717, 1.165) is 41.3 Å². The van der Waals surface area contributed by atoms with Crippen LogP contribution in [-0.4, -0.2) is 36.3 Å². The number of nitrogens with two attached hydrogens (primary N) is 1. The molecule has 1 saturated heterocycles. The molecular weight excluding hydrogens is 292 g/mol. The largest absolute Gasteiger partial charge is 0.488 e. The minimum Gasteiger partial charge on any atom is -0.488 e. The lowest BCUT2D eigenvalue weighted by Crippen LogP contribution is -2.37. The van der Waals surface area contributed by atoms with E-state index in [1.807, 2.05) is 32.0 Å². The molecule has 2 aromatic rings.